The molecule has 0 nitrogen and oxygen atoms in total. The van der Waals surface area contributed by atoms with Crippen molar-refractivity contribution in [2.75, 3.05) is 0 Å². The lowest BCUT2D eigenvalue weighted by Gasteiger charge is -2.82. The summed E-state index contributed by atoms with van der Waals surface area (Å²) in [5.74, 6) is 33.5. The molecule has 0 radical (unpaired) electrons. The summed E-state index contributed by atoms with van der Waals surface area (Å²) in [6, 6.07) is 0. The van der Waals surface area contributed by atoms with E-state index >= 15 is 0 Å². The molecule has 48 heavy (non-hydrogen) atoms. The number of hydrogen-bond acceptors (Lipinski definition) is 0. The number of rotatable bonds is 0. The van der Waals surface area contributed by atoms with Crippen molar-refractivity contribution in [3.63, 3.8) is 0 Å². The average molecular weight is 649 g/mol. The SMILES string of the molecule is CC1CCC2C3CCC4C5CCC(C)C6C(C)C7C(C)CCC8C9CCC%10C%11CCC(C)C%12C(C)C1C2C(C%11%12)C1C3C4C(C9C%101)C(C56)C87. The van der Waals surface area contributed by atoms with Crippen LogP contribution < -0.4 is 0 Å². The molecule has 0 heterocycles. The van der Waals surface area contributed by atoms with Crippen molar-refractivity contribution in [2.24, 2.45) is 178 Å². The highest BCUT2D eigenvalue weighted by Crippen LogP contribution is 2.84. The van der Waals surface area contributed by atoms with Crippen LogP contribution in [0.25, 0.3) is 0 Å². The van der Waals surface area contributed by atoms with Crippen molar-refractivity contribution in [3.05, 3.63) is 0 Å². The standard InChI is InChI=1S/C48H72/c1-19-7-11-25-29-15-16-31-27-13-9-21(3)35-24(6)36-22(4)10-14-28-32-18-17-30-26-12-8-20(2)34-23(5)33(19)37(25)45(38(26)34)47-41(29)43(31)48(44(32)42(30)47)46(39(27)35)40(28)36/h19-48H,7-18H2,1-6H3. The molecule has 0 aromatic rings. The van der Waals surface area contributed by atoms with Crippen LogP contribution in [0.3, 0.4) is 0 Å². The summed E-state index contributed by atoms with van der Waals surface area (Å²) in [5.41, 5.74) is 0. The maximum Gasteiger partial charge on any atom is -0.0312 e. The minimum absolute atomic E-state index is 1.01. The second kappa shape index (κ2) is 9.56. The molecule has 24 atom stereocenters. The van der Waals surface area contributed by atoms with Gasteiger partial charge in [-0.3, -0.25) is 0 Å². The van der Waals surface area contributed by atoms with E-state index in [2.05, 4.69) is 41.5 Å². The van der Waals surface area contributed by atoms with E-state index in [-0.39, 0.29) is 0 Å². The molecular formula is C48H72. The summed E-state index contributed by atoms with van der Waals surface area (Å²) in [5, 5.41) is 0. The molecule has 0 aliphatic heterocycles. The summed E-state index contributed by atoms with van der Waals surface area (Å²) in [7, 11) is 0. The van der Waals surface area contributed by atoms with E-state index in [9.17, 15) is 0 Å². The molecule has 0 amide bonds. The molecule has 264 valence electrons. The molecule has 0 heteroatoms. The molecule has 0 bridgehead atoms. The van der Waals surface area contributed by atoms with Gasteiger partial charge >= 0.3 is 0 Å². The van der Waals surface area contributed by atoms with Crippen LogP contribution in [-0.2, 0) is 0 Å². The van der Waals surface area contributed by atoms with Gasteiger partial charge in [-0.15, -0.1) is 0 Å². The predicted octanol–water partition coefficient (Wildman–Crippen LogP) is 11.4. The van der Waals surface area contributed by atoms with E-state index in [4.69, 9.17) is 0 Å². The monoisotopic (exact) mass is 649 g/mol. The van der Waals surface area contributed by atoms with Gasteiger partial charge in [0.1, 0.15) is 0 Å². The molecule has 0 saturated heterocycles. The Morgan fingerprint density at radius 3 is 0.562 bits per heavy atom. The zero-order valence-electron chi connectivity index (χ0n) is 31.8. The Balaban J connectivity index is 1.05. The highest BCUT2D eigenvalue weighted by molar-refractivity contribution is 5.26. The van der Waals surface area contributed by atoms with Gasteiger partial charge in [0, 0.05) is 0 Å². The van der Waals surface area contributed by atoms with Crippen LogP contribution >= 0.6 is 0 Å². The lowest BCUT2D eigenvalue weighted by Crippen LogP contribution is -2.78. The predicted molar refractivity (Wildman–Crippen MR) is 194 cm³/mol. The largest absolute Gasteiger partial charge is 0.0622 e. The highest BCUT2D eigenvalue weighted by Gasteiger charge is 2.79. The van der Waals surface area contributed by atoms with Crippen LogP contribution in [0, 0.1) is 178 Å². The van der Waals surface area contributed by atoms with E-state index in [0.717, 1.165) is 142 Å². The van der Waals surface area contributed by atoms with Gasteiger partial charge in [-0.05, 0) is 229 Å². The fourth-order valence-electron chi connectivity index (χ4n) is 24.1. The third-order valence-electron chi connectivity index (χ3n) is 23.8. The smallest absolute Gasteiger partial charge is 0.0312 e. The van der Waals surface area contributed by atoms with Crippen LogP contribution in [0.2, 0.25) is 0 Å². The minimum Gasteiger partial charge on any atom is -0.0622 e. The fourth-order valence-corrected chi connectivity index (χ4v) is 24.1. The molecule has 0 N–H and O–H groups in total. The molecular weight excluding hydrogens is 577 g/mol. The van der Waals surface area contributed by atoms with E-state index < -0.39 is 0 Å². The zero-order valence-corrected chi connectivity index (χ0v) is 31.8. The Labute approximate surface area is 295 Å². The van der Waals surface area contributed by atoms with Crippen LogP contribution in [0.15, 0.2) is 0 Å². The van der Waals surface area contributed by atoms with E-state index in [0.29, 0.717) is 0 Å². The van der Waals surface area contributed by atoms with Gasteiger partial charge in [0.15, 0.2) is 0 Å². The van der Waals surface area contributed by atoms with Crippen molar-refractivity contribution in [1.29, 1.82) is 0 Å². The van der Waals surface area contributed by atoms with Crippen molar-refractivity contribution in [1.82, 2.24) is 0 Å². The first-order valence-corrected chi connectivity index (χ1v) is 23.4. The van der Waals surface area contributed by atoms with E-state index in [1.54, 1.807) is 77.0 Å². The Kier molecular flexibility index (Phi) is 5.87. The molecule has 13 fully saturated rings. The third-order valence-corrected chi connectivity index (χ3v) is 23.8. The van der Waals surface area contributed by atoms with Crippen molar-refractivity contribution in [2.45, 2.75) is 119 Å². The average Bonchev–Trinajstić information content (AvgIpc) is 3.08. The van der Waals surface area contributed by atoms with Crippen LogP contribution in [0.1, 0.15) is 119 Å². The minimum atomic E-state index is 1.01. The Hall–Kier alpha value is 0. The van der Waals surface area contributed by atoms with Gasteiger partial charge in [0.2, 0.25) is 0 Å². The first-order valence-electron chi connectivity index (χ1n) is 23.4. The third kappa shape index (κ3) is 3.08. The Morgan fingerprint density at radius 1 is 0.188 bits per heavy atom. The van der Waals surface area contributed by atoms with Gasteiger partial charge < -0.3 is 0 Å². The first-order chi connectivity index (χ1) is 23.4. The Bertz CT molecular complexity index is 1160. The molecule has 13 aliphatic rings. The van der Waals surface area contributed by atoms with E-state index in [1.807, 2.05) is 0 Å². The van der Waals surface area contributed by atoms with Gasteiger partial charge in [0.05, 0.1) is 0 Å². The summed E-state index contributed by atoms with van der Waals surface area (Å²) >= 11 is 0. The molecule has 0 aromatic carbocycles. The van der Waals surface area contributed by atoms with Gasteiger partial charge in [-0.2, -0.15) is 0 Å². The topological polar surface area (TPSA) is 0 Å². The lowest BCUT2D eigenvalue weighted by atomic mass is 9.22. The molecule has 13 aliphatic carbocycles. The van der Waals surface area contributed by atoms with Crippen LogP contribution in [-0.4, -0.2) is 0 Å². The van der Waals surface area contributed by atoms with Crippen molar-refractivity contribution in [3.8, 4) is 0 Å². The molecule has 0 spiro atoms. The fraction of sp³-hybridized carbons (Fsp3) is 1.00. The molecule has 13 rings (SSSR count). The summed E-state index contributed by atoms with van der Waals surface area (Å²) in [6.07, 6.45) is 19.7. The zero-order chi connectivity index (χ0) is 31.8. The molecule has 24 unspecified atom stereocenters. The van der Waals surface area contributed by atoms with Gasteiger partial charge in [0.25, 0.3) is 0 Å². The first kappa shape index (κ1) is 29.5. The molecule has 0 aromatic heterocycles. The maximum absolute atomic E-state index is 2.86. The number of fused-ring (bicyclic) bond motifs is 4. The second-order valence-corrected chi connectivity index (χ2v) is 23.6. The second-order valence-electron chi connectivity index (χ2n) is 23.6. The van der Waals surface area contributed by atoms with Crippen LogP contribution in [0.5, 0.6) is 0 Å². The van der Waals surface area contributed by atoms with Gasteiger partial charge in [-0.1, -0.05) is 67.2 Å². The normalized spacial score (nSPS) is 73.9. The molecule has 13 saturated carbocycles. The van der Waals surface area contributed by atoms with Crippen molar-refractivity contribution < 1.29 is 0 Å². The van der Waals surface area contributed by atoms with E-state index in [1.165, 1.54) is 35.5 Å². The highest BCUT2D eigenvalue weighted by atomic mass is 14.8. The summed E-state index contributed by atoms with van der Waals surface area (Å²) in [6.45, 7) is 16.8. The quantitative estimate of drug-likeness (QED) is 0.245. The maximum atomic E-state index is 2.86. The van der Waals surface area contributed by atoms with Crippen molar-refractivity contribution >= 4 is 0 Å². The van der Waals surface area contributed by atoms with Gasteiger partial charge in [-0.25, -0.2) is 0 Å². The summed E-state index contributed by atoms with van der Waals surface area (Å²) in [4.78, 5) is 0. The summed E-state index contributed by atoms with van der Waals surface area (Å²) < 4.78 is 0. The van der Waals surface area contributed by atoms with Crippen LogP contribution in [0.4, 0.5) is 0 Å². The lowest BCUT2D eigenvalue weighted by molar-refractivity contribution is -0.349. The Morgan fingerprint density at radius 2 is 0.354 bits per heavy atom. The number of hydrogen-bond donors (Lipinski definition) is 0.